The molecule has 0 fully saturated rings. The summed E-state index contributed by atoms with van der Waals surface area (Å²) < 4.78 is 0. The number of aliphatic hydroxyl groups excluding tert-OH is 3. The number of hydrogen-bond acceptors (Lipinski definition) is 8. The number of aromatic nitrogens is 2. The van der Waals surface area contributed by atoms with E-state index >= 15 is 0 Å². The molecule has 116 valence electrons. The van der Waals surface area contributed by atoms with Crippen molar-refractivity contribution in [2.45, 2.75) is 25.2 Å². The first kappa shape index (κ1) is 15.2. The number of nitrogens with two attached hydrogens (primary N) is 1. The first-order valence-electron chi connectivity index (χ1n) is 6.27. The number of aromatic amines is 1. The predicted octanol–water partition coefficient (Wildman–Crippen LogP) is -2.79. The first-order valence-corrected chi connectivity index (χ1v) is 6.27. The topological polar surface area (TPSA) is 165 Å². The van der Waals surface area contributed by atoms with Crippen LogP contribution < -0.4 is 21.5 Å². The molecule has 0 aromatic carbocycles. The number of hydrogen-bond donors (Lipinski definition) is 6. The lowest BCUT2D eigenvalue weighted by Gasteiger charge is -2.39. The van der Waals surface area contributed by atoms with Gasteiger partial charge in [-0.05, 0) is 0 Å². The van der Waals surface area contributed by atoms with Gasteiger partial charge in [-0.3, -0.25) is 19.5 Å². The van der Waals surface area contributed by atoms with Crippen molar-refractivity contribution < 1.29 is 20.1 Å². The van der Waals surface area contributed by atoms with E-state index in [0.29, 0.717) is 0 Å². The van der Waals surface area contributed by atoms with Gasteiger partial charge < -0.3 is 26.4 Å². The minimum absolute atomic E-state index is 0.0424. The third kappa shape index (κ3) is 2.68. The Morgan fingerprint density at radius 3 is 2.81 bits per heavy atom. The largest absolute Gasteiger partial charge is 0.394 e. The average Bonchev–Trinajstić information content (AvgIpc) is 2.44. The standard InChI is InChI=1S/C11H17N5O5/c1-4(18)16-5(8(20)6(19)3-17)2-13-9-7(16)10(21)15-11(12)14-9/h5-6,8,17,19-20H,2-3H2,1H3,(H4,12,13,14,15,21). The van der Waals surface area contributed by atoms with Crippen molar-refractivity contribution in [3.05, 3.63) is 10.4 Å². The normalized spacial score (nSPS) is 20.4. The number of aliphatic hydroxyl groups is 3. The van der Waals surface area contributed by atoms with Gasteiger partial charge in [-0.2, -0.15) is 4.98 Å². The Labute approximate surface area is 119 Å². The van der Waals surface area contributed by atoms with Crippen LogP contribution in [0.15, 0.2) is 4.79 Å². The van der Waals surface area contributed by atoms with Gasteiger partial charge in [0.25, 0.3) is 5.56 Å². The van der Waals surface area contributed by atoms with Crippen LogP contribution >= 0.6 is 0 Å². The fourth-order valence-electron chi connectivity index (χ4n) is 2.32. The van der Waals surface area contributed by atoms with Gasteiger partial charge in [0, 0.05) is 13.5 Å². The van der Waals surface area contributed by atoms with Crippen LogP contribution in [-0.2, 0) is 4.79 Å². The van der Waals surface area contributed by atoms with E-state index in [4.69, 9.17) is 10.8 Å². The smallest absolute Gasteiger partial charge is 0.278 e. The Hall–Kier alpha value is -2.17. The minimum atomic E-state index is -1.44. The number of fused-ring (bicyclic) bond motifs is 1. The molecule has 1 aromatic heterocycles. The maximum atomic E-state index is 12.0. The summed E-state index contributed by atoms with van der Waals surface area (Å²) in [5.74, 6) is -0.499. The number of H-pyrrole nitrogens is 1. The molecule has 1 aromatic rings. The summed E-state index contributed by atoms with van der Waals surface area (Å²) in [6.07, 6.45) is -2.88. The zero-order valence-electron chi connectivity index (χ0n) is 11.3. The van der Waals surface area contributed by atoms with Crippen molar-refractivity contribution in [1.29, 1.82) is 0 Å². The van der Waals surface area contributed by atoms with Crippen LogP contribution in [0.3, 0.4) is 0 Å². The second-order valence-electron chi connectivity index (χ2n) is 4.73. The number of amides is 1. The summed E-state index contributed by atoms with van der Waals surface area (Å²) in [4.78, 5) is 31.1. The number of carbonyl (C=O) groups excluding carboxylic acids is 1. The number of nitrogens with zero attached hydrogens (tertiary/aromatic N) is 2. The summed E-state index contributed by atoms with van der Waals surface area (Å²) in [7, 11) is 0. The van der Waals surface area contributed by atoms with E-state index < -0.39 is 36.3 Å². The Balaban J connectivity index is 2.49. The summed E-state index contributed by atoms with van der Waals surface area (Å²) in [5, 5.41) is 31.3. The summed E-state index contributed by atoms with van der Waals surface area (Å²) in [5.41, 5.74) is 4.71. The molecule has 3 unspecified atom stereocenters. The maximum Gasteiger partial charge on any atom is 0.278 e. The highest BCUT2D eigenvalue weighted by Crippen LogP contribution is 2.28. The highest BCUT2D eigenvalue weighted by molar-refractivity contribution is 5.96. The highest BCUT2D eigenvalue weighted by atomic mass is 16.4. The minimum Gasteiger partial charge on any atom is -0.394 e. The zero-order valence-corrected chi connectivity index (χ0v) is 11.3. The first-order chi connectivity index (χ1) is 9.86. The monoisotopic (exact) mass is 299 g/mol. The Kier molecular flexibility index (Phi) is 4.11. The molecule has 0 saturated heterocycles. The molecule has 10 nitrogen and oxygen atoms in total. The van der Waals surface area contributed by atoms with E-state index in [1.54, 1.807) is 0 Å². The molecular weight excluding hydrogens is 282 g/mol. The lowest BCUT2D eigenvalue weighted by Crippen LogP contribution is -2.58. The molecular formula is C11H17N5O5. The molecule has 2 heterocycles. The fraction of sp³-hybridized carbons (Fsp3) is 0.545. The van der Waals surface area contributed by atoms with Gasteiger partial charge in [-0.25, -0.2) is 0 Å². The van der Waals surface area contributed by atoms with Crippen LogP contribution in [0.5, 0.6) is 0 Å². The highest BCUT2D eigenvalue weighted by Gasteiger charge is 2.39. The molecule has 21 heavy (non-hydrogen) atoms. The molecule has 0 aliphatic carbocycles. The molecule has 0 radical (unpaired) electrons. The van der Waals surface area contributed by atoms with Crippen LogP contribution in [0.1, 0.15) is 6.92 Å². The summed E-state index contributed by atoms with van der Waals surface area (Å²) in [6.45, 7) is 0.587. The second-order valence-corrected chi connectivity index (χ2v) is 4.73. The number of anilines is 3. The molecule has 3 atom stereocenters. The predicted molar refractivity (Wildman–Crippen MR) is 73.8 cm³/mol. The van der Waals surface area contributed by atoms with E-state index in [-0.39, 0.29) is 24.0 Å². The van der Waals surface area contributed by atoms with E-state index in [0.717, 1.165) is 4.90 Å². The van der Waals surface area contributed by atoms with Crippen LogP contribution in [0.25, 0.3) is 0 Å². The van der Waals surface area contributed by atoms with E-state index in [9.17, 15) is 19.8 Å². The third-order valence-electron chi connectivity index (χ3n) is 3.28. The number of nitrogen functional groups attached to an aromatic ring is 1. The number of nitrogens with one attached hydrogen (secondary N) is 2. The van der Waals surface area contributed by atoms with E-state index in [2.05, 4.69) is 15.3 Å². The molecule has 1 aliphatic rings. The lowest BCUT2D eigenvalue weighted by molar-refractivity contribution is -0.118. The van der Waals surface area contributed by atoms with Gasteiger partial charge in [0.2, 0.25) is 11.9 Å². The van der Waals surface area contributed by atoms with Crippen LogP contribution in [0.2, 0.25) is 0 Å². The Morgan fingerprint density at radius 2 is 2.24 bits per heavy atom. The molecule has 0 spiro atoms. The molecule has 2 rings (SSSR count). The van der Waals surface area contributed by atoms with E-state index in [1.807, 2.05) is 0 Å². The van der Waals surface area contributed by atoms with Crippen molar-refractivity contribution in [2.75, 3.05) is 29.1 Å². The van der Waals surface area contributed by atoms with Gasteiger partial charge in [0.05, 0.1) is 12.6 Å². The zero-order chi connectivity index (χ0) is 15.7. The summed E-state index contributed by atoms with van der Waals surface area (Å²) >= 11 is 0. The van der Waals surface area contributed by atoms with Crippen molar-refractivity contribution in [2.24, 2.45) is 0 Å². The van der Waals surface area contributed by atoms with Crippen molar-refractivity contribution in [3.8, 4) is 0 Å². The van der Waals surface area contributed by atoms with E-state index in [1.165, 1.54) is 6.92 Å². The van der Waals surface area contributed by atoms with Gasteiger partial charge in [-0.1, -0.05) is 0 Å². The van der Waals surface area contributed by atoms with Gasteiger partial charge in [0.1, 0.15) is 12.2 Å². The fourth-order valence-corrected chi connectivity index (χ4v) is 2.32. The molecule has 0 saturated carbocycles. The maximum absolute atomic E-state index is 12.0. The van der Waals surface area contributed by atoms with Crippen molar-refractivity contribution in [1.82, 2.24) is 9.97 Å². The quantitative estimate of drug-likeness (QED) is 0.348. The van der Waals surface area contributed by atoms with Gasteiger partial charge in [0.15, 0.2) is 11.5 Å². The third-order valence-corrected chi connectivity index (χ3v) is 3.28. The average molecular weight is 299 g/mol. The molecule has 1 aliphatic heterocycles. The Morgan fingerprint density at radius 1 is 1.57 bits per heavy atom. The molecule has 10 heteroatoms. The number of rotatable bonds is 3. The Bertz CT molecular complexity index is 603. The SMILES string of the molecule is CC(=O)N1c2c(nc(N)[nH]c2=O)NCC1C(O)C(O)CO. The molecule has 0 bridgehead atoms. The number of carbonyl (C=O) groups is 1. The lowest BCUT2D eigenvalue weighted by atomic mass is 10.0. The van der Waals surface area contributed by atoms with Crippen LogP contribution in [0, 0.1) is 0 Å². The van der Waals surface area contributed by atoms with Crippen molar-refractivity contribution in [3.63, 3.8) is 0 Å². The van der Waals surface area contributed by atoms with Crippen LogP contribution in [0.4, 0.5) is 17.5 Å². The van der Waals surface area contributed by atoms with Crippen LogP contribution in [-0.4, -0.2) is 62.6 Å². The summed E-state index contributed by atoms with van der Waals surface area (Å²) in [6, 6.07) is -0.927. The van der Waals surface area contributed by atoms with Gasteiger partial charge >= 0.3 is 0 Å². The van der Waals surface area contributed by atoms with Crippen molar-refractivity contribution >= 4 is 23.4 Å². The molecule has 7 N–H and O–H groups in total. The molecule has 1 amide bonds. The van der Waals surface area contributed by atoms with Gasteiger partial charge in [-0.15, -0.1) is 0 Å². The second kappa shape index (κ2) is 5.68.